The summed E-state index contributed by atoms with van der Waals surface area (Å²) in [6.07, 6.45) is 4.69. The van der Waals surface area contributed by atoms with Crippen LogP contribution in [0.5, 0.6) is 0 Å². The molecule has 2 aliphatic heterocycles. The third-order valence-corrected chi connectivity index (χ3v) is 8.70. The van der Waals surface area contributed by atoms with Gasteiger partial charge >= 0.3 is 5.97 Å². The van der Waals surface area contributed by atoms with E-state index >= 15 is 0 Å². The number of piperidine rings is 1. The molecule has 0 aliphatic carbocycles. The van der Waals surface area contributed by atoms with Crippen molar-refractivity contribution in [3.8, 4) is 0 Å². The third-order valence-electron chi connectivity index (χ3n) is 8.70. The van der Waals surface area contributed by atoms with Crippen LogP contribution >= 0.6 is 0 Å². The van der Waals surface area contributed by atoms with Crippen molar-refractivity contribution in [2.75, 3.05) is 20.1 Å². The molecule has 0 radical (unpaired) electrons. The van der Waals surface area contributed by atoms with Gasteiger partial charge in [0.25, 0.3) is 0 Å². The molecule has 0 aromatic rings. The maximum absolute atomic E-state index is 14.0. The summed E-state index contributed by atoms with van der Waals surface area (Å²) in [6.45, 7) is 26.2. The van der Waals surface area contributed by atoms with Gasteiger partial charge in [0, 0.05) is 31.6 Å². The highest BCUT2D eigenvalue weighted by Crippen LogP contribution is 2.29. The Kier molecular flexibility index (Phi) is 13.9. The van der Waals surface area contributed by atoms with E-state index in [0.717, 1.165) is 25.8 Å². The van der Waals surface area contributed by atoms with Gasteiger partial charge in [0.15, 0.2) is 0 Å². The van der Waals surface area contributed by atoms with Gasteiger partial charge in [-0.25, -0.2) is 4.79 Å². The number of amides is 3. The molecule has 2 saturated heterocycles. The van der Waals surface area contributed by atoms with E-state index < -0.39 is 35.3 Å². The molecule has 2 fully saturated rings. The number of nitrogens with zero attached hydrogens (tertiary/aromatic N) is 3. The summed E-state index contributed by atoms with van der Waals surface area (Å²) in [7, 11) is 1.73. The first-order valence-corrected chi connectivity index (χ1v) is 17.3. The van der Waals surface area contributed by atoms with E-state index in [2.05, 4.69) is 24.1 Å². The SMILES string of the molecule is CC(=C[C@H](C(C)C)N(C)C(=O)[C@@H](NC(=O)[C@H]1CCCCN1C(C)C)C(C)C)C(=O)N1C[C@H](OC(C)(C)C)C[C@H]1C(=O)OC(C)(C)C. The Hall–Kier alpha value is -2.46. The standard InChI is InChI=1S/C36H64N4O6/c1-22(2)28(38(14)33(43)30(23(3)4)37-31(41)27-17-15-16-18-39(27)24(5)6)19-25(7)32(42)40-21-26(45-35(8,9)10)20-29(40)34(44)46-36(11,12)13/h19,22-24,26-30H,15-18,20-21H2,1-14H3,(H,37,41)/t26-,27-,28-,29+,30+/m1/s1. The van der Waals surface area contributed by atoms with E-state index in [1.54, 1.807) is 23.8 Å². The van der Waals surface area contributed by atoms with Gasteiger partial charge in [-0.3, -0.25) is 19.3 Å². The molecule has 1 N–H and O–H groups in total. The van der Waals surface area contributed by atoms with Crippen molar-refractivity contribution >= 4 is 23.7 Å². The predicted octanol–water partition coefficient (Wildman–Crippen LogP) is 4.95. The van der Waals surface area contributed by atoms with E-state index in [1.807, 2.05) is 75.3 Å². The lowest BCUT2D eigenvalue weighted by atomic mass is 9.95. The average molecular weight is 649 g/mol. The summed E-state index contributed by atoms with van der Waals surface area (Å²) in [5, 5.41) is 3.09. The Bertz CT molecular complexity index is 1100. The van der Waals surface area contributed by atoms with Gasteiger partial charge < -0.3 is 24.6 Å². The van der Waals surface area contributed by atoms with E-state index in [0.29, 0.717) is 12.0 Å². The van der Waals surface area contributed by atoms with Gasteiger partial charge in [-0.15, -0.1) is 0 Å². The number of ether oxygens (including phenoxy) is 2. The zero-order valence-electron chi connectivity index (χ0n) is 31.2. The van der Waals surface area contributed by atoms with Gasteiger partial charge in [-0.1, -0.05) is 40.2 Å². The first-order chi connectivity index (χ1) is 21.0. The van der Waals surface area contributed by atoms with Crippen LogP contribution < -0.4 is 5.32 Å². The van der Waals surface area contributed by atoms with Crippen molar-refractivity contribution in [1.82, 2.24) is 20.0 Å². The zero-order chi connectivity index (χ0) is 35.3. The second-order valence-corrected chi connectivity index (χ2v) is 16.2. The summed E-state index contributed by atoms with van der Waals surface area (Å²) in [5.74, 6) is -1.20. The van der Waals surface area contributed by atoms with Crippen molar-refractivity contribution in [2.24, 2.45) is 11.8 Å². The summed E-state index contributed by atoms with van der Waals surface area (Å²) >= 11 is 0. The zero-order valence-corrected chi connectivity index (χ0v) is 31.2. The van der Waals surface area contributed by atoms with Gasteiger partial charge in [0.05, 0.1) is 23.8 Å². The fraction of sp³-hybridized carbons (Fsp3) is 0.833. The molecule has 46 heavy (non-hydrogen) atoms. The van der Waals surface area contributed by atoms with Gasteiger partial charge in [-0.05, 0) is 93.5 Å². The minimum Gasteiger partial charge on any atom is -0.458 e. The average Bonchev–Trinajstić information content (AvgIpc) is 3.34. The number of hydrogen-bond donors (Lipinski definition) is 1. The fourth-order valence-electron chi connectivity index (χ4n) is 6.49. The lowest BCUT2D eigenvalue weighted by Crippen LogP contribution is -2.58. The van der Waals surface area contributed by atoms with Crippen LogP contribution in [-0.4, -0.2) is 106 Å². The Labute approximate surface area is 279 Å². The van der Waals surface area contributed by atoms with Crippen molar-refractivity contribution in [2.45, 2.75) is 163 Å². The highest BCUT2D eigenvalue weighted by atomic mass is 16.6. The Balaban J connectivity index is 2.31. The Morgan fingerprint density at radius 3 is 2.00 bits per heavy atom. The quantitative estimate of drug-likeness (QED) is 0.250. The van der Waals surface area contributed by atoms with E-state index in [4.69, 9.17) is 9.47 Å². The molecule has 10 nitrogen and oxygen atoms in total. The highest BCUT2D eigenvalue weighted by molar-refractivity contribution is 5.96. The number of rotatable bonds is 11. The highest BCUT2D eigenvalue weighted by Gasteiger charge is 2.44. The summed E-state index contributed by atoms with van der Waals surface area (Å²) in [6, 6.07) is -1.91. The molecule has 5 atom stereocenters. The molecule has 0 unspecified atom stereocenters. The lowest BCUT2D eigenvalue weighted by Gasteiger charge is -2.39. The number of carbonyl (C=O) groups is 4. The molecule has 10 heteroatoms. The molecular weight excluding hydrogens is 584 g/mol. The van der Waals surface area contributed by atoms with Crippen molar-refractivity contribution in [3.05, 3.63) is 11.6 Å². The van der Waals surface area contributed by atoms with E-state index in [1.165, 1.54) is 0 Å². The molecule has 0 spiro atoms. The predicted molar refractivity (Wildman–Crippen MR) is 182 cm³/mol. The Morgan fingerprint density at radius 2 is 1.50 bits per heavy atom. The maximum atomic E-state index is 14.0. The number of nitrogens with one attached hydrogen (secondary N) is 1. The largest absolute Gasteiger partial charge is 0.458 e. The van der Waals surface area contributed by atoms with Crippen LogP contribution in [-0.2, 0) is 28.7 Å². The molecule has 0 bridgehead atoms. The minimum atomic E-state index is -0.773. The van der Waals surface area contributed by atoms with Gasteiger partial charge in [-0.2, -0.15) is 0 Å². The van der Waals surface area contributed by atoms with Crippen LogP contribution in [0.25, 0.3) is 0 Å². The Morgan fingerprint density at radius 1 is 0.891 bits per heavy atom. The molecule has 0 aromatic heterocycles. The third kappa shape index (κ3) is 11.1. The molecule has 2 heterocycles. The number of carbonyl (C=O) groups excluding carboxylic acids is 4. The smallest absolute Gasteiger partial charge is 0.329 e. The van der Waals surface area contributed by atoms with Crippen LogP contribution in [0.3, 0.4) is 0 Å². The second-order valence-electron chi connectivity index (χ2n) is 16.2. The van der Waals surface area contributed by atoms with Crippen LogP contribution in [0.15, 0.2) is 11.6 Å². The molecule has 2 rings (SSSR count). The van der Waals surface area contributed by atoms with Gasteiger partial charge in [0.2, 0.25) is 17.7 Å². The molecule has 2 aliphatic rings. The maximum Gasteiger partial charge on any atom is 0.329 e. The summed E-state index contributed by atoms with van der Waals surface area (Å²) in [5.41, 5.74) is -0.702. The van der Waals surface area contributed by atoms with E-state index in [-0.39, 0.29) is 54.3 Å². The number of esters is 1. The van der Waals surface area contributed by atoms with Crippen molar-refractivity contribution in [1.29, 1.82) is 0 Å². The van der Waals surface area contributed by atoms with Crippen LogP contribution in [0.4, 0.5) is 0 Å². The molecule has 0 aromatic carbocycles. The second kappa shape index (κ2) is 16.1. The van der Waals surface area contributed by atoms with Gasteiger partial charge in [0.1, 0.15) is 17.7 Å². The first kappa shape index (κ1) is 39.7. The minimum absolute atomic E-state index is 0.0211. The number of likely N-dealkylation sites (N-methyl/N-ethyl adjacent to an activating group) is 1. The number of hydrogen-bond acceptors (Lipinski definition) is 7. The van der Waals surface area contributed by atoms with Crippen molar-refractivity contribution in [3.63, 3.8) is 0 Å². The fourth-order valence-corrected chi connectivity index (χ4v) is 6.49. The summed E-state index contributed by atoms with van der Waals surface area (Å²) < 4.78 is 11.9. The van der Waals surface area contributed by atoms with Crippen LogP contribution in [0.2, 0.25) is 0 Å². The lowest BCUT2D eigenvalue weighted by molar-refractivity contribution is -0.162. The van der Waals surface area contributed by atoms with Crippen LogP contribution in [0.1, 0.15) is 116 Å². The monoisotopic (exact) mass is 648 g/mol. The molecule has 0 saturated carbocycles. The topological polar surface area (TPSA) is 108 Å². The van der Waals surface area contributed by atoms with Crippen molar-refractivity contribution < 1.29 is 28.7 Å². The van der Waals surface area contributed by atoms with Crippen LogP contribution in [0, 0.1) is 11.8 Å². The molecule has 3 amide bonds. The molecular formula is C36H64N4O6. The normalized spacial score (nSPS) is 23.1. The first-order valence-electron chi connectivity index (χ1n) is 17.3. The molecule has 264 valence electrons. The summed E-state index contributed by atoms with van der Waals surface area (Å²) in [4.78, 5) is 60.2. The van der Waals surface area contributed by atoms with E-state index in [9.17, 15) is 19.2 Å². The number of likely N-dealkylation sites (tertiary alicyclic amines) is 2.